The number of nitrogen functional groups attached to an aromatic ring is 1. The number of likely N-dealkylation sites (N-methyl/N-ethyl adjacent to an activating group) is 2. The van der Waals surface area contributed by atoms with Crippen LogP contribution in [-0.4, -0.2) is 49.7 Å². The van der Waals surface area contributed by atoms with E-state index in [1.807, 2.05) is 49.9 Å². The summed E-state index contributed by atoms with van der Waals surface area (Å²) in [4.78, 5) is 34.4. The summed E-state index contributed by atoms with van der Waals surface area (Å²) in [6.07, 6.45) is 1.14. The number of benzene rings is 1. The first kappa shape index (κ1) is 24.8. The van der Waals surface area contributed by atoms with Crippen LogP contribution in [0.2, 0.25) is 0 Å². The Bertz CT molecular complexity index is 865. The number of aromatic amines is 1. The number of anilines is 4. The van der Waals surface area contributed by atoms with E-state index in [0.717, 1.165) is 5.69 Å². The van der Waals surface area contributed by atoms with Crippen LogP contribution in [0, 0.1) is 0 Å². The van der Waals surface area contributed by atoms with Crippen molar-refractivity contribution < 1.29 is 4.79 Å². The zero-order valence-electron chi connectivity index (χ0n) is 19.0. The van der Waals surface area contributed by atoms with Gasteiger partial charge >= 0.3 is 0 Å². The van der Waals surface area contributed by atoms with Crippen LogP contribution >= 0.6 is 0 Å². The largest absolute Gasteiger partial charge is 0.369 e. The normalized spacial score (nSPS) is 14.1. The number of carbonyl (C=O) groups excluding carboxylic acids is 1. The molecule has 1 aliphatic heterocycles. The Morgan fingerprint density at radius 3 is 2.40 bits per heavy atom. The molecule has 1 aromatic heterocycles. The number of H-pyrrole nitrogens is 1. The Kier molecular flexibility index (Phi) is 9.67. The summed E-state index contributed by atoms with van der Waals surface area (Å²) in [5, 5.41) is 5.75. The molecule has 2 heterocycles. The Morgan fingerprint density at radius 1 is 1.30 bits per heavy atom. The number of aromatic nitrogens is 2. The van der Waals surface area contributed by atoms with E-state index >= 15 is 0 Å². The third-order valence-corrected chi connectivity index (χ3v) is 4.38. The van der Waals surface area contributed by atoms with E-state index in [0.29, 0.717) is 23.6 Å². The predicted molar refractivity (Wildman–Crippen MR) is 125 cm³/mol. The lowest BCUT2D eigenvalue weighted by atomic mass is 10.1. The van der Waals surface area contributed by atoms with Crippen molar-refractivity contribution in [3.8, 4) is 0 Å². The number of nitrogens with two attached hydrogens (primary N) is 1. The molecule has 1 atom stereocenters. The highest BCUT2D eigenvalue weighted by Gasteiger charge is 2.30. The van der Waals surface area contributed by atoms with Crippen molar-refractivity contribution in [3.63, 3.8) is 0 Å². The standard InChI is InChI=1S/C16H21N7O2.C3H8.C2H6/c1-18-14(24)9-4-6-10(7-5-9)22(2)11-8-19-13-12(23(11)3)15(25)21-16(17)20-13;1-3-2;1-2/h4-7,11H,8H2,1-3H3,(H,18,24)(H4,17,19,20,21,25);3H2,1-2H3;1-2H3. The fourth-order valence-electron chi connectivity index (χ4n) is 2.97. The highest BCUT2D eigenvalue weighted by atomic mass is 16.1. The minimum Gasteiger partial charge on any atom is -0.369 e. The fourth-order valence-corrected chi connectivity index (χ4v) is 2.97. The van der Waals surface area contributed by atoms with Crippen molar-refractivity contribution in [2.45, 2.75) is 40.3 Å². The van der Waals surface area contributed by atoms with Crippen LogP contribution < -0.4 is 31.7 Å². The highest BCUT2D eigenvalue weighted by Crippen LogP contribution is 2.28. The lowest BCUT2D eigenvalue weighted by Crippen LogP contribution is -2.53. The monoisotopic (exact) mass is 417 g/mol. The average Bonchev–Trinajstić information content (AvgIpc) is 2.74. The second-order valence-electron chi connectivity index (χ2n) is 6.56. The van der Waals surface area contributed by atoms with E-state index in [2.05, 4.69) is 34.4 Å². The summed E-state index contributed by atoms with van der Waals surface area (Å²) in [6.45, 7) is 8.81. The maximum absolute atomic E-state index is 12.2. The summed E-state index contributed by atoms with van der Waals surface area (Å²) >= 11 is 0. The Labute approximate surface area is 178 Å². The van der Waals surface area contributed by atoms with Gasteiger partial charge in [0.25, 0.3) is 11.5 Å². The fraction of sp³-hybridized carbons (Fsp3) is 0.476. The Morgan fingerprint density at radius 2 is 1.87 bits per heavy atom. The molecule has 0 saturated carbocycles. The van der Waals surface area contributed by atoms with E-state index in [4.69, 9.17) is 5.73 Å². The molecule has 0 radical (unpaired) electrons. The third-order valence-electron chi connectivity index (χ3n) is 4.38. The molecule has 9 nitrogen and oxygen atoms in total. The minimum absolute atomic E-state index is 0.0845. The first-order valence-corrected chi connectivity index (χ1v) is 10.2. The molecule has 2 aromatic rings. The maximum Gasteiger partial charge on any atom is 0.278 e. The van der Waals surface area contributed by atoms with Gasteiger partial charge in [-0.1, -0.05) is 34.1 Å². The quantitative estimate of drug-likeness (QED) is 0.606. The molecule has 1 amide bonds. The number of carbonyl (C=O) groups is 1. The van der Waals surface area contributed by atoms with Gasteiger partial charge in [-0.2, -0.15) is 4.98 Å². The van der Waals surface area contributed by atoms with Gasteiger partial charge in [0.2, 0.25) is 5.95 Å². The second-order valence-corrected chi connectivity index (χ2v) is 6.56. The molecular weight excluding hydrogens is 382 g/mol. The van der Waals surface area contributed by atoms with Crippen LogP contribution in [0.4, 0.5) is 23.1 Å². The lowest BCUT2D eigenvalue weighted by Gasteiger charge is -2.41. The smallest absolute Gasteiger partial charge is 0.278 e. The van der Waals surface area contributed by atoms with Crippen LogP contribution in [0.3, 0.4) is 0 Å². The Hall–Kier alpha value is -3.23. The van der Waals surface area contributed by atoms with Gasteiger partial charge in [-0.3, -0.25) is 14.6 Å². The first-order chi connectivity index (χ1) is 14.3. The number of rotatable bonds is 3. The van der Waals surface area contributed by atoms with Gasteiger partial charge in [0.15, 0.2) is 5.82 Å². The van der Waals surface area contributed by atoms with Gasteiger partial charge in [0.05, 0.1) is 6.54 Å². The van der Waals surface area contributed by atoms with Gasteiger partial charge in [-0.15, -0.1) is 0 Å². The molecule has 166 valence electrons. The molecule has 0 fully saturated rings. The summed E-state index contributed by atoms with van der Waals surface area (Å²) < 4.78 is 0. The summed E-state index contributed by atoms with van der Waals surface area (Å²) in [5.74, 6) is 0.430. The topological polar surface area (TPSA) is 119 Å². The Balaban J connectivity index is 0.000000826. The molecule has 0 bridgehead atoms. The van der Waals surface area contributed by atoms with E-state index in [9.17, 15) is 9.59 Å². The minimum atomic E-state index is -0.287. The van der Waals surface area contributed by atoms with Crippen LogP contribution in [0.1, 0.15) is 44.5 Å². The molecule has 0 aliphatic carbocycles. The highest BCUT2D eigenvalue weighted by molar-refractivity contribution is 5.94. The van der Waals surface area contributed by atoms with Crippen LogP contribution in [0.25, 0.3) is 0 Å². The molecule has 1 unspecified atom stereocenters. The number of fused-ring (bicyclic) bond motifs is 1. The van der Waals surface area contributed by atoms with Crippen molar-refractivity contribution in [2.75, 3.05) is 48.5 Å². The van der Waals surface area contributed by atoms with Crippen LogP contribution in [0.15, 0.2) is 29.1 Å². The van der Waals surface area contributed by atoms with Gasteiger partial charge in [-0.25, -0.2) is 0 Å². The van der Waals surface area contributed by atoms with Crippen molar-refractivity contribution in [1.29, 1.82) is 0 Å². The van der Waals surface area contributed by atoms with Crippen LogP contribution in [-0.2, 0) is 0 Å². The van der Waals surface area contributed by atoms with E-state index < -0.39 is 0 Å². The van der Waals surface area contributed by atoms with Gasteiger partial charge in [0.1, 0.15) is 11.9 Å². The van der Waals surface area contributed by atoms with Crippen molar-refractivity contribution >= 4 is 29.0 Å². The van der Waals surface area contributed by atoms with Crippen molar-refractivity contribution in [2.24, 2.45) is 0 Å². The van der Waals surface area contributed by atoms with Gasteiger partial charge < -0.3 is 26.2 Å². The molecule has 5 N–H and O–H groups in total. The molecule has 3 rings (SSSR count). The zero-order chi connectivity index (χ0) is 22.8. The predicted octanol–water partition coefficient (Wildman–Crippen LogP) is 2.48. The number of hydrogen-bond acceptors (Lipinski definition) is 7. The number of nitrogens with zero attached hydrogens (tertiary/aromatic N) is 3. The first-order valence-electron chi connectivity index (χ1n) is 10.2. The molecule has 0 saturated heterocycles. The number of hydrogen-bond donors (Lipinski definition) is 4. The van der Waals surface area contributed by atoms with E-state index in [1.54, 1.807) is 19.2 Å². The zero-order valence-corrected chi connectivity index (χ0v) is 19.0. The summed E-state index contributed by atoms with van der Waals surface area (Å²) in [6, 6.07) is 7.28. The van der Waals surface area contributed by atoms with Crippen molar-refractivity contribution in [3.05, 3.63) is 40.2 Å². The molecule has 30 heavy (non-hydrogen) atoms. The third kappa shape index (κ3) is 5.65. The van der Waals surface area contributed by atoms with Crippen molar-refractivity contribution in [1.82, 2.24) is 15.3 Å². The van der Waals surface area contributed by atoms with Crippen LogP contribution in [0.5, 0.6) is 0 Å². The molecule has 9 heteroatoms. The second kappa shape index (κ2) is 11.7. The average molecular weight is 418 g/mol. The van der Waals surface area contributed by atoms with E-state index in [1.165, 1.54) is 6.42 Å². The van der Waals surface area contributed by atoms with Gasteiger partial charge in [-0.05, 0) is 24.3 Å². The lowest BCUT2D eigenvalue weighted by molar-refractivity contribution is 0.0963. The molecule has 1 aromatic carbocycles. The SMILES string of the molecule is CC.CCC.CNC(=O)c1ccc(N(C)C2CNc3nc(N)[nH]c(=O)c3N2C)cc1. The number of nitrogens with one attached hydrogen (secondary N) is 3. The summed E-state index contributed by atoms with van der Waals surface area (Å²) in [7, 11) is 5.37. The molecular formula is C21H35N7O2. The molecule has 1 aliphatic rings. The summed E-state index contributed by atoms with van der Waals surface area (Å²) in [5.41, 5.74) is 7.27. The number of amides is 1. The maximum atomic E-state index is 12.2. The molecule has 0 spiro atoms. The van der Waals surface area contributed by atoms with Gasteiger partial charge in [0, 0.05) is 32.4 Å². The van der Waals surface area contributed by atoms with E-state index in [-0.39, 0.29) is 23.6 Å².